The Balaban J connectivity index is 1.76. The highest BCUT2D eigenvalue weighted by atomic mass is 16.3. The number of likely N-dealkylation sites (N-methyl/N-ethyl adjacent to an activating group) is 1. The minimum absolute atomic E-state index is 0.472. The second kappa shape index (κ2) is 7.96. The molecule has 2 aromatic heterocycles. The van der Waals surface area contributed by atoms with Crippen molar-refractivity contribution in [1.82, 2.24) is 15.2 Å². The minimum atomic E-state index is 0.472. The third-order valence-corrected chi connectivity index (χ3v) is 3.30. The van der Waals surface area contributed by atoms with Crippen LogP contribution in [-0.4, -0.2) is 29.5 Å². The van der Waals surface area contributed by atoms with Gasteiger partial charge in [-0.2, -0.15) is 0 Å². The highest BCUT2D eigenvalue weighted by molar-refractivity contribution is 5.07. The normalized spacial score (nSPS) is 11.5. The lowest BCUT2D eigenvalue weighted by Gasteiger charge is -2.14. The van der Waals surface area contributed by atoms with Crippen molar-refractivity contribution in [1.29, 1.82) is 0 Å². The maximum absolute atomic E-state index is 5.84. The Morgan fingerprint density at radius 3 is 2.71 bits per heavy atom. The second-order valence-corrected chi connectivity index (χ2v) is 5.71. The van der Waals surface area contributed by atoms with Crippen LogP contribution in [0, 0.1) is 0 Å². The van der Waals surface area contributed by atoms with Crippen LogP contribution in [-0.2, 0) is 19.5 Å². The third-order valence-electron chi connectivity index (χ3n) is 3.30. The van der Waals surface area contributed by atoms with E-state index >= 15 is 0 Å². The quantitative estimate of drug-likeness (QED) is 0.810. The SMILES string of the molecule is CC(C)NCc1ccc(CN(C)CCc2ccccn2)o1. The molecule has 0 amide bonds. The predicted molar refractivity (Wildman–Crippen MR) is 85.0 cm³/mol. The van der Waals surface area contributed by atoms with Crippen LogP contribution in [0.4, 0.5) is 0 Å². The van der Waals surface area contributed by atoms with Gasteiger partial charge in [-0.1, -0.05) is 19.9 Å². The van der Waals surface area contributed by atoms with Crippen LogP contribution in [0.2, 0.25) is 0 Å². The summed E-state index contributed by atoms with van der Waals surface area (Å²) in [4.78, 5) is 6.60. The lowest BCUT2D eigenvalue weighted by atomic mass is 10.2. The molecule has 0 aliphatic rings. The fourth-order valence-electron chi connectivity index (χ4n) is 2.10. The fraction of sp³-hybridized carbons (Fsp3) is 0.471. The highest BCUT2D eigenvalue weighted by Crippen LogP contribution is 2.10. The summed E-state index contributed by atoms with van der Waals surface area (Å²) >= 11 is 0. The van der Waals surface area contributed by atoms with E-state index in [4.69, 9.17) is 4.42 Å². The zero-order chi connectivity index (χ0) is 15.1. The first-order chi connectivity index (χ1) is 10.1. The molecule has 0 unspecified atom stereocenters. The van der Waals surface area contributed by atoms with Crippen molar-refractivity contribution in [2.75, 3.05) is 13.6 Å². The third kappa shape index (κ3) is 5.69. The smallest absolute Gasteiger partial charge is 0.118 e. The Hall–Kier alpha value is -1.65. The van der Waals surface area contributed by atoms with Gasteiger partial charge in [-0.3, -0.25) is 9.88 Å². The standard InChI is InChI=1S/C17H25N3O/c1-14(2)19-12-16-7-8-17(21-16)13-20(3)11-9-15-6-4-5-10-18-15/h4-8,10,14,19H,9,11-13H2,1-3H3. The summed E-state index contributed by atoms with van der Waals surface area (Å²) in [5.74, 6) is 2.01. The van der Waals surface area contributed by atoms with Gasteiger partial charge >= 0.3 is 0 Å². The Bertz CT molecular complexity index is 522. The highest BCUT2D eigenvalue weighted by Gasteiger charge is 2.06. The van der Waals surface area contributed by atoms with Crippen molar-refractivity contribution in [3.63, 3.8) is 0 Å². The number of furan rings is 1. The molecule has 0 atom stereocenters. The van der Waals surface area contributed by atoms with Crippen molar-refractivity contribution >= 4 is 0 Å². The molecule has 2 heterocycles. The van der Waals surface area contributed by atoms with Crippen molar-refractivity contribution in [3.8, 4) is 0 Å². The van der Waals surface area contributed by atoms with E-state index in [1.165, 1.54) is 0 Å². The summed E-state index contributed by atoms with van der Waals surface area (Å²) in [5, 5.41) is 3.36. The lowest BCUT2D eigenvalue weighted by molar-refractivity contribution is 0.291. The molecule has 0 bridgehead atoms. The molecule has 1 N–H and O–H groups in total. The summed E-state index contributed by atoms with van der Waals surface area (Å²) in [5.41, 5.74) is 1.13. The zero-order valence-corrected chi connectivity index (χ0v) is 13.2. The second-order valence-electron chi connectivity index (χ2n) is 5.71. The maximum atomic E-state index is 5.84. The van der Waals surface area contributed by atoms with E-state index in [-0.39, 0.29) is 0 Å². The molecule has 0 radical (unpaired) electrons. The van der Waals surface area contributed by atoms with Crippen LogP contribution < -0.4 is 5.32 Å². The van der Waals surface area contributed by atoms with Crippen LogP contribution in [0.5, 0.6) is 0 Å². The van der Waals surface area contributed by atoms with E-state index in [2.05, 4.69) is 54.3 Å². The van der Waals surface area contributed by atoms with Crippen LogP contribution >= 0.6 is 0 Å². The van der Waals surface area contributed by atoms with E-state index in [1.807, 2.05) is 18.3 Å². The van der Waals surface area contributed by atoms with E-state index in [9.17, 15) is 0 Å². The first-order valence-electron chi connectivity index (χ1n) is 7.53. The minimum Gasteiger partial charge on any atom is -0.463 e. The molecular formula is C17H25N3O. The number of aromatic nitrogens is 1. The molecule has 0 aliphatic heterocycles. The molecule has 0 aliphatic carbocycles. The lowest BCUT2D eigenvalue weighted by Crippen LogP contribution is -2.21. The molecule has 21 heavy (non-hydrogen) atoms. The van der Waals surface area contributed by atoms with E-state index in [0.29, 0.717) is 6.04 Å². The first kappa shape index (κ1) is 15.7. The van der Waals surface area contributed by atoms with Crippen LogP contribution in [0.1, 0.15) is 31.1 Å². The number of hydrogen-bond acceptors (Lipinski definition) is 4. The van der Waals surface area contributed by atoms with Crippen LogP contribution in [0.15, 0.2) is 40.9 Å². The van der Waals surface area contributed by atoms with Gasteiger partial charge < -0.3 is 9.73 Å². The van der Waals surface area contributed by atoms with E-state index < -0.39 is 0 Å². The molecule has 0 aromatic carbocycles. The molecule has 0 saturated heterocycles. The van der Waals surface area contributed by atoms with Gasteiger partial charge in [-0.25, -0.2) is 0 Å². The Morgan fingerprint density at radius 2 is 2.00 bits per heavy atom. The summed E-state index contributed by atoms with van der Waals surface area (Å²) < 4.78 is 5.84. The molecule has 2 rings (SSSR count). The van der Waals surface area contributed by atoms with Gasteiger partial charge in [-0.05, 0) is 31.3 Å². The largest absolute Gasteiger partial charge is 0.463 e. The van der Waals surface area contributed by atoms with Gasteiger partial charge in [0.1, 0.15) is 11.5 Å². The predicted octanol–water partition coefficient (Wildman–Crippen LogP) is 2.85. The number of nitrogens with one attached hydrogen (secondary N) is 1. The topological polar surface area (TPSA) is 41.3 Å². The average Bonchev–Trinajstić information content (AvgIpc) is 2.91. The monoisotopic (exact) mass is 287 g/mol. The number of rotatable bonds is 8. The van der Waals surface area contributed by atoms with E-state index in [0.717, 1.165) is 43.3 Å². The van der Waals surface area contributed by atoms with Crippen molar-refractivity contribution in [3.05, 3.63) is 53.7 Å². The summed E-state index contributed by atoms with van der Waals surface area (Å²) in [6.45, 7) is 6.85. The average molecular weight is 287 g/mol. The van der Waals surface area contributed by atoms with Gasteiger partial charge in [0, 0.05) is 30.9 Å². The number of pyridine rings is 1. The molecule has 4 nitrogen and oxygen atoms in total. The van der Waals surface area contributed by atoms with Crippen molar-refractivity contribution in [2.24, 2.45) is 0 Å². The fourth-order valence-corrected chi connectivity index (χ4v) is 2.10. The first-order valence-corrected chi connectivity index (χ1v) is 7.53. The van der Waals surface area contributed by atoms with Gasteiger partial charge in [0.15, 0.2) is 0 Å². The summed E-state index contributed by atoms with van der Waals surface area (Å²) in [6, 6.07) is 10.6. The number of hydrogen-bond donors (Lipinski definition) is 1. The zero-order valence-electron chi connectivity index (χ0n) is 13.2. The summed E-state index contributed by atoms with van der Waals surface area (Å²) in [6.07, 6.45) is 2.80. The van der Waals surface area contributed by atoms with Crippen LogP contribution in [0.3, 0.4) is 0 Å². The Labute approximate surface area is 127 Å². The maximum Gasteiger partial charge on any atom is 0.118 e. The Kier molecular flexibility index (Phi) is 5.96. The van der Waals surface area contributed by atoms with Gasteiger partial charge in [-0.15, -0.1) is 0 Å². The molecule has 114 valence electrons. The molecule has 0 saturated carbocycles. The van der Waals surface area contributed by atoms with Crippen molar-refractivity contribution < 1.29 is 4.42 Å². The molecule has 4 heteroatoms. The molecular weight excluding hydrogens is 262 g/mol. The van der Waals surface area contributed by atoms with E-state index in [1.54, 1.807) is 0 Å². The van der Waals surface area contributed by atoms with Gasteiger partial charge in [0.2, 0.25) is 0 Å². The molecule has 0 spiro atoms. The van der Waals surface area contributed by atoms with Crippen LogP contribution in [0.25, 0.3) is 0 Å². The van der Waals surface area contributed by atoms with Gasteiger partial charge in [0.25, 0.3) is 0 Å². The van der Waals surface area contributed by atoms with Crippen molar-refractivity contribution in [2.45, 2.75) is 39.4 Å². The Morgan fingerprint density at radius 1 is 1.19 bits per heavy atom. The number of nitrogens with zero attached hydrogens (tertiary/aromatic N) is 2. The molecule has 0 fully saturated rings. The summed E-state index contributed by atoms with van der Waals surface area (Å²) in [7, 11) is 2.11. The van der Waals surface area contributed by atoms with Gasteiger partial charge in [0.05, 0.1) is 13.1 Å². The molecule has 2 aromatic rings.